The molecule has 1 N–H and O–H groups in total. The Morgan fingerprint density at radius 3 is 2.10 bits per heavy atom. The molecule has 0 radical (unpaired) electrons. The lowest BCUT2D eigenvalue weighted by atomic mass is 10.0. The summed E-state index contributed by atoms with van der Waals surface area (Å²) in [4.78, 5) is 2.53. The molecule has 2 aromatic carbocycles. The molecule has 2 nitrogen and oxygen atoms in total. The highest BCUT2D eigenvalue weighted by Gasteiger charge is 2.20. The predicted octanol–water partition coefficient (Wildman–Crippen LogP) is 3.56. The van der Waals surface area contributed by atoms with Gasteiger partial charge in [-0.1, -0.05) is 54.1 Å². The molecular formula is C18H21ClN2. The highest BCUT2D eigenvalue weighted by molar-refractivity contribution is 6.30. The minimum Gasteiger partial charge on any atom is -0.316 e. The Hall–Kier alpha value is -1.35. The van der Waals surface area contributed by atoms with Crippen molar-refractivity contribution in [3.63, 3.8) is 0 Å². The average Bonchev–Trinajstić information content (AvgIpc) is 2.46. The third-order valence-corrected chi connectivity index (χ3v) is 4.20. The summed E-state index contributed by atoms with van der Waals surface area (Å²) in [6.45, 7) is 5.41. The van der Waals surface area contributed by atoms with Crippen LogP contribution in [0, 0.1) is 5.92 Å². The molecule has 1 aliphatic heterocycles. The zero-order chi connectivity index (χ0) is 14.5. The van der Waals surface area contributed by atoms with Crippen LogP contribution < -0.4 is 5.32 Å². The van der Waals surface area contributed by atoms with Crippen LogP contribution >= 0.6 is 11.6 Å². The maximum Gasteiger partial charge on any atom is 0.0406 e. The van der Waals surface area contributed by atoms with Crippen LogP contribution in [0.3, 0.4) is 0 Å². The van der Waals surface area contributed by atoms with E-state index in [9.17, 15) is 0 Å². The lowest BCUT2D eigenvalue weighted by molar-refractivity contribution is 0.179. The van der Waals surface area contributed by atoms with E-state index in [1.54, 1.807) is 0 Å². The number of nitrogens with zero attached hydrogens (tertiary/aromatic N) is 1. The summed E-state index contributed by atoms with van der Waals surface area (Å²) in [6.07, 6.45) is 0. The predicted molar refractivity (Wildman–Crippen MR) is 88.4 cm³/mol. The second-order valence-corrected chi connectivity index (χ2v) is 6.24. The minimum absolute atomic E-state index is 0.779. The number of benzene rings is 2. The zero-order valence-electron chi connectivity index (χ0n) is 12.1. The van der Waals surface area contributed by atoms with Crippen molar-refractivity contribution < 1.29 is 0 Å². The van der Waals surface area contributed by atoms with Crippen molar-refractivity contribution in [1.82, 2.24) is 10.2 Å². The monoisotopic (exact) mass is 300 g/mol. The molecule has 0 spiro atoms. The van der Waals surface area contributed by atoms with Gasteiger partial charge in [-0.05, 0) is 29.2 Å². The molecule has 110 valence electrons. The summed E-state index contributed by atoms with van der Waals surface area (Å²) in [5.41, 5.74) is 2.70. The molecule has 21 heavy (non-hydrogen) atoms. The Labute approximate surface area is 131 Å². The smallest absolute Gasteiger partial charge is 0.0406 e. The molecule has 2 aromatic rings. The number of rotatable bonds is 6. The van der Waals surface area contributed by atoms with E-state index in [0.717, 1.165) is 43.7 Å². The molecule has 0 bridgehead atoms. The summed E-state index contributed by atoms with van der Waals surface area (Å²) >= 11 is 5.97. The first-order valence-corrected chi connectivity index (χ1v) is 7.89. The average molecular weight is 301 g/mol. The van der Waals surface area contributed by atoms with Crippen molar-refractivity contribution in [2.24, 2.45) is 5.92 Å². The molecule has 3 heteroatoms. The Kier molecular flexibility index (Phi) is 4.91. The van der Waals surface area contributed by atoms with Crippen LogP contribution in [0.1, 0.15) is 11.1 Å². The molecule has 0 amide bonds. The van der Waals surface area contributed by atoms with Gasteiger partial charge in [-0.3, -0.25) is 4.90 Å². The van der Waals surface area contributed by atoms with Crippen molar-refractivity contribution in [3.8, 4) is 0 Å². The molecule has 1 saturated heterocycles. The van der Waals surface area contributed by atoms with Crippen molar-refractivity contribution >= 4 is 11.6 Å². The maximum absolute atomic E-state index is 5.97. The van der Waals surface area contributed by atoms with E-state index in [4.69, 9.17) is 11.6 Å². The van der Waals surface area contributed by atoms with Crippen molar-refractivity contribution in [3.05, 3.63) is 70.7 Å². The van der Waals surface area contributed by atoms with Crippen LogP contribution in [0.2, 0.25) is 5.02 Å². The van der Waals surface area contributed by atoms with Gasteiger partial charge in [-0.25, -0.2) is 0 Å². The van der Waals surface area contributed by atoms with E-state index in [0.29, 0.717) is 0 Å². The van der Waals surface area contributed by atoms with Crippen LogP contribution in [-0.4, -0.2) is 24.5 Å². The summed E-state index contributed by atoms with van der Waals surface area (Å²) in [7, 11) is 0. The molecule has 1 aliphatic rings. The summed E-state index contributed by atoms with van der Waals surface area (Å²) in [6, 6.07) is 18.9. The Bertz CT molecular complexity index is 549. The molecule has 0 aromatic heterocycles. The van der Waals surface area contributed by atoms with E-state index in [2.05, 4.69) is 52.7 Å². The van der Waals surface area contributed by atoms with Crippen LogP contribution in [0.15, 0.2) is 54.6 Å². The van der Waals surface area contributed by atoms with Crippen LogP contribution in [0.5, 0.6) is 0 Å². The molecule has 1 fully saturated rings. The SMILES string of the molecule is Clc1ccc(CN(Cc2ccccc2)CC2CNC2)cc1. The molecular weight excluding hydrogens is 280 g/mol. The van der Waals surface area contributed by atoms with E-state index in [-0.39, 0.29) is 0 Å². The van der Waals surface area contributed by atoms with Gasteiger partial charge in [0.1, 0.15) is 0 Å². The second-order valence-electron chi connectivity index (χ2n) is 5.81. The number of hydrogen-bond acceptors (Lipinski definition) is 2. The summed E-state index contributed by atoms with van der Waals surface area (Å²) in [5.74, 6) is 0.779. The topological polar surface area (TPSA) is 15.3 Å². The fraction of sp³-hybridized carbons (Fsp3) is 0.333. The van der Waals surface area contributed by atoms with Crippen LogP contribution in [0.25, 0.3) is 0 Å². The Morgan fingerprint density at radius 2 is 1.52 bits per heavy atom. The molecule has 0 unspecified atom stereocenters. The van der Waals surface area contributed by atoms with Gasteiger partial charge in [0, 0.05) is 37.7 Å². The summed E-state index contributed by atoms with van der Waals surface area (Å²) in [5, 5.41) is 4.16. The first-order valence-electron chi connectivity index (χ1n) is 7.51. The Morgan fingerprint density at radius 1 is 0.905 bits per heavy atom. The molecule has 1 heterocycles. The van der Waals surface area contributed by atoms with Crippen LogP contribution in [-0.2, 0) is 13.1 Å². The van der Waals surface area contributed by atoms with Gasteiger partial charge in [-0.2, -0.15) is 0 Å². The fourth-order valence-electron chi connectivity index (χ4n) is 2.72. The normalized spacial score (nSPS) is 15.1. The molecule has 3 rings (SSSR count). The highest BCUT2D eigenvalue weighted by Crippen LogP contribution is 2.16. The van der Waals surface area contributed by atoms with Crippen molar-refractivity contribution in [2.45, 2.75) is 13.1 Å². The van der Waals surface area contributed by atoms with Crippen molar-refractivity contribution in [1.29, 1.82) is 0 Å². The fourth-order valence-corrected chi connectivity index (χ4v) is 2.84. The quantitative estimate of drug-likeness (QED) is 0.877. The largest absolute Gasteiger partial charge is 0.316 e. The number of nitrogens with one attached hydrogen (secondary N) is 1. The lowest BCUT2D eigenvalue weighted by Crippen LogP contribution is -2.48. The first-order chi connectivity index (χ1) is 10.3. The van der Waals surface area contributed by atoms with E-state index in [1.807, 2.05) is 12.1 Å². The standard InChI is InChI=1S/C18H21ClN2/c19-18-8-6-16(7-9-18)13-21(14-17-10-20-11-17)12-15-4-2-1-3-5-15/h1-9,17,20H,10-14H2. The third kappa shape index (κ3) is 4.31. The van der Waals surface area contributed by atoms with Gasteiger partial charge in [-0.15, -0.1) is 0 Å². The summed E-state index contributed by atoms with van der Waals surface area (Å²) < 4.78 is 0. The molecule has 0 saturated carbocycles. The zero-order valence-corrected chi connectivity index (χ0v) is 12.9. The van der Waals surface area contributed by atoms with E-state index >= 15 is 0 Å². The second kappa shape index (κ2) is 7.08. The van der Waals surface area contributed by atoms with Gasteiger partial charge >= 0.3 is 0 Å². The van der Waals surface area contributed by atoms with Gasteiger partial charge in [0.15, 0.2) is 0 Å². The third-order valence-electron chi connectivity index (χ3n) is 3.95. The van der Waals surface area contributed by atoms with Crippen LogP contribution in [0.4, 0.5) is 0 Å². The minimum atomic E-state index is 0.779. The van der Waals surface area contributed by atoms with E-state index in [1.165, 1.54) is 11.1 Å². The first kappa shape index (κ1) is 14.6. The van der Waals surface area contributed by atoms with E-state index < -0.39 is 0 Å². The highest BCUT2D eigenvalue weighted by atomic mass is 35.5. The number of hydrogen-bond donors (Lipinski definition) is 1. The van der Waals surface area contributed by atoms with Gasteiger partial charge in [0.2, 0.25) is 0 Å². The maximum atomic E-state index is 5.97. The lowest BCUT2D eigenvalue weighted by Gasteiger charge is -2.33. The van der Waals surface area contributed by atoms with Crippen molar-refractivity contribution in [2.75, 3.05) is 19.6 Å². The Balaban J connectivity index is 1.67. The molecule has 0 atom stereocenters. The molecule has 0 aliphatic carbocycles. The van der Waals surface area contributed by atoms with Gasteiger partial charge in [0.25, 0.3) is 0 Å². The van der Waals surface area contributed by atoms with Gasteiger partial charge < -0.3 is 5.32 Å². The number of halogens is 1. The van der Waals surface area contributed by atoms with Gasteiger partial charge in [0.05, 0.1) is 0 Å².